The number of hydrogen-bond acceptors (Lipinski definition) is 7. The molecule has 0 aromatic rings. The number of aliphatic hydroxyl groups excluding tert-OH is 2. The van der Waals surface area contributed by atoms with Gasteiger partial charge in [0.1, 0.15) is 17.3 Å². The number of rotatable bonds is 3. The number of carbonyl (C=O) groups is 2. The Morgan fingerprint density at radius 3 is 2.57 bits per heavy atom. The van der Waals surface area contributed by atoms with Gasteiger partial charge >= 0.3 is 0 Å². The third-order valence-corrected chi connectivity index (χ3v) is 9.41. The first-order chi connectivity index (χ1) is 14.0. The lowest BCUT2D eigenvalue weighted by molar-refractivity contribution is -0.438. The fourth-order valence-corrected chi connectivity index (χ4v) is 8.48. The predicted molar refractivity (Wildman–Crippen MR) is 105 cm³/mol. The lowest BCUT2D eigenvalue weighted by Gasteiger charge is -2.73. The van der Waals surface area contributed by atoms with Gasteiger partial charge in [-0.15, -0.1) is 0 Å². The van der Waals surface area contributed by atoms with E-state index in [4.69, 9.17) is 9.47 Å². The molecule has 7 heteroatoms. The van der Waals surface area contributed by atoms with Crippen molar-refractivity contribution in [3.63, 3.8) is 0 Å². The highest BCUT2D eigenvalue weighted by molar-refractivity contribution is 6.06. The number of aliphatic hydroxyl groups is 3. The molecule has 0 unspecified atom stereocenters. The Morgan fingerprint density at radius 2 is 1.90 bits per heavy atom. The third-order valence-electron chi connectivity index (χ3n) is 9.41. The van der Waals surface area contributed by atoms with Crippen molar-refractivity contribution >= 4 is 11.6 Å². The van der Waals surface area contributed by atoms with Crippen molar-refractivity contribution in [1.82, 2.24) is 0 Å². The van der Waals surface area contributed by atoms with Crippen LogP contribution in [-0.2, 0) is 19.1 Å². The van der Waals surface area contributed by atoms with Crippen molar-refractivity contribution in [2.24, 2.45) is 39.9 Å². The summed E-state index contributed by atoms with van der Waals surface area (Å²) in [5.74, 6) is -4.61. The van der Waals surface area contributed by atoms with Crippen molar-refractivity contribution in [3.8, 4) is 0 Å². The van der Waals surface area contributed by atoms with E-state index >= 15 is 0 Å². The lowest BCUT2D eigenvalue weighted by atomic mass is 9.35. The van der Waals surface area contributed by atoms with Crippen LogP contribution in [0.15, 0.2) is 12.2 Å². The molecule has 2 saturated heterocycles. The van der Waals surface area contributed by atoms with E-state index in [1.54, 1.807) is 7.11 Å². The molecule has 9 atom stereocenters. The number of ether oxygens (including phenoxy) is 2. The van der Waals surface area contributed by atoms with Gasteiger partial charge in [0.15, 0.2) is 5.78 Å². The minimum Gasteiger partial charge on any atom is -0.391 e. The Balaban J connectivity index is 1.74. The molecule has 0 amide bonds. The Morgan fingerprint density at radius 1 is 1.20 bits per heavy atom. The number of carbonyl (C=O) groups excluding carboxylic acids is 2. The van der Waals surface area contributed by atoms with Crippen molar-refractivity contribution < 1.29 is 34.4 Å². The van der Waals surface area contributed by atoms with Crippen LogP contribution in [0.25, 0.3) is 0 Å². The third kappa shape index (κ3) is 1.92. The number of ketones is 2. The second-order valence-electron chi connectivity index (χ2n) is 10.9. The zero-order chi connectivity index (χ0) is 21.9. The summed E-state index contributed by atoms with van der Waals surface area (Å²) in [6.45, 7) is 8.33. The number of hydrogen-bond donors (Lipinski definition) is 3. The van der Waals surface area contributed by atoms with Crippen LogP contribution in [0.1, 0.15) is 39.5 Å². The Hall–Kier alpha value is -1.12. The fraction of sp³-hybridized carbons (Fsp3) is 0.826. The molecule has 4 bridgehead atoms. The summed E-state index contributed by atoms with van der Waals surface area (Å²) in [4.78, 5) is 27.6. The topological polar surface area (TPSA) is 113 Å². The smallest absolute Gasteiger partial charge is 0.208 e. The number of fused-ring (bicyclic) bond motifs is 2. The van der Waals surface area contributed by atoms with E-state index in [0.29, 0.717) is 32.3 Å². The van der Waals surface area contributed by atoms with Crippen LogP contribution in [0, 0.1) is 39.9 Å². The maximum atomic E-state index is 14.1. The monoisotopic (exact) mass is 420 g/mol. The molecule has 30 heavy (non-hydrogen) atoms. The quantitative estimate of drug-likeness (QED) is 0.580. The summed E-state index contributed by atoms with van der Waals surface area (Å²) in [5, 5.41) is 34.5. The molecule has 2 spiro atoms. The van der Waals surface area contributed by atoms with E-state index in [9.17, 15) is 24.9 Å². The average molecular weight is 421 g/mol. The van der Waals surface area contributed by atoms with Gasteiger partial charge in [0, 0.05) is 31.5 Å². The summed E-state index contributed by atoms with van der Waals surface area (Å²) < 4.78 is 11.1. The van der Waals surface area contributed by atoms with Crippen LogP contribution < -0.4 is 0 Å². The number of methoxy groups -OCH3 is 1. The van der Waals surface area contributed by atoms with Crippen molar-refractivity contribution in [1.29, 1.82) is 0 Å². The van der Waals surface area contributed by atoms with Gasteiger partial charge in [0.2, 0.25) is 5.79 Å². The molecule has 4 aliphatic carbocycles. The summed E-state index contributed by atoms with van der Waals surface area (Å²) in [5.41, 5.74) is -3.06. The van der Waals surface area contributed by atoms with E-state index < -0.39 is 57.8 Å². The van der Waals surface area contributed by atoms with E-state index in [0.717, 1.165) is 0 Å². The first kappa shape index (κ1) is 20.8. The van der Waals surface area contributed by atoms with E-state index in [1.807, 2.05) is 13.8 Å². The molecule has 2 heterocycles. The van der Waals surface area contributed by atoms with Crippen LogP contribution in [-0.4, -0.2) is 65.2 Å². The van der Waals surface area contributed by atoms with Gasteiger partial charge in [0.25, 0.3) is 0 Å². The molecule has 0 radical (unpaired) electrons. The molecule has 6 fully saturated rings. The summed E-state index contributed by atoms with van der Waals surface area (Å²) in [6, 6.07) is 0. The highest BCUT2D eigenvalue weighted by Gasteiger charge is 2.87. The zero-order valence-electron chi connectivity index (χ0n) is 17.9. The van der Waals surface area contributed by atoms with E-state index in [1.165, 1.54) is 0 Å². The van der Waals surface area contributed by atoms with Crippen molar-refractivity contribution in [2.45, 2.75) is 57.5 Å². The summed E-state index contributed by atoms with van der Waals surface area (Å²) >= 11 is 0. The van der Waals surface area contributed by atoms with Crippen LogP contribution in [0.4, 0.5) is 0 Å². The van der Waals surface area contributed by atoms with Crippen LogP contribution in [0.3, 0.4) is 0 Å². The van der Waals surface area contributed by atoms with Gasteiger partial charge in [-0.05, 0) is 42.6 Å². The minimum atomic E-state index is -2.23. The second kappa shape index (κ2) is 6.01. The Bertz CT molecular complexity index is 835. The first-order valence-corrected chi connectivity index (χ1v) is 11.0. The molecule has 2 aliphatic heterocycles. The van der Waals surface area contributed by atoms with E-state index in [-0.39, 0.29) is 23.9 Å². The lowest BCUT2D eigenvalue weighted by Crippen LogP contribution is -2.85. The maximum absolute atomic E-state index is 14.1. The highest BCUT2D eigenvalue weighted by Crippen LogP contribution is 2.76. The molecule has 7 nitrogen and oxygen atoms in total. The first-order valence-electron chi connectivity index (χ1n) is 11.0. The van der Waals surface area contributed by atoms with Gasteiger partial charge < -0.3 is 24.8 Å². The maximum Gasteiger partial charge on any atom is 0.208 e. The summed E-state index contributed by atoms with van der Waals surface area (Å²) in [6.07, 6.45) is -0.494. The standard InChI is InChI=1S/C23H32O7/c1-11-13-5-6-14-21-10-30-23(28,22(14,16(11)24)18(13)26)19(27)15(21)20(2,3)9-12(17(21)25)7-8-29-4/h12-15,18-19,26-28H,1,5-10H2,2-4H3/t12-,13+,14+,15-,18-,19+,21+,22+,23-/m1/s1. The molecule has 166 valence electrons. The Labute approximate surface area is 176 Å². The van der Waals surface area contributed by atoms with Gasteiger partial charge in [-0.3, -0.25) is 9.59 Å². The summed E-state index contributed by atoms with van der Waals surface area (Å²) in [7, 11) is 1.60. The van der Waals surface area contributed by atoms with Crippen LogP contribution in [0.5, 0.6) is 0 Å². The normalized spacial score (nSPS) is 53.6. The molecule has 4 saturated carbocycles. The molecule has 6 aliphatic rings. The SMILES string of the molecule is C=C1C(=O)[C@]23[C@H](O)[C@H]1CC[C@H]2[C@@]12CO[C@]3(O)[C@@H](O)[C@@H]1C(C)(C)C[C@@H](CCOC)C2=O. The molecule has 0 aromatic carbocycles. The number of Topliss-reactive ketones (excluding diaryl/α,β-unsaturated/α-hetero) is 2. The van der Waals surface area contributed by atoms with Gasteiger partial charge in [0.05, 0.1) is 18.1 Å². The second-order valence-corrected chi connectivity index (χ2v) is 10.9. The van der Waals surface area contributed by atoms with Crippen LogP contribution >= 0.6 is 0 Å². The average Bonchev–Trinajstić information content (AvgIpc) is 2.80. The Kier molecular flexibility index (Phi) is 4.16. The van der Waals surface area contributed by atoms with Crippen molar-refractivity contribution in [2.75, 3.05) is 20.3 Å². The minimum absolute atomic E-state index is 0.0231. The molecular formula is C23H32O7. The largest absolute Gasteiger partial charge is 0.391 e. The molecule has 0 aromatic heterocycles. The highest BCUT2D eigenvalue weighted by atomic mass is 16.6. The van der Waals surface area contributed by atoms with Crippen LogP contribution in [0.2, 0.25) is 0 Å². The molecular weight excluding hydrogens is 388 g/mol. The van der Waals surface area contributed by atoms with Gasteiger partial charge in [-0.2, -0.15) is 0 Å². The fourth-order valence-electron chi connectivity index (χ4n) is 8.48. The predicted octanol–water partition coefficient (Wildman–Crippen LogP) is 0.846. The van der Waals surface area contributed by atoms with Crippen molar-refractivity contribution in [3.05, 3.63) is 12.2 Å². The molecule has 3 N–H and O–H groups in total. The van der Waals surface area contributed by atoms with Gasteiger partial charge in [-0.1, -0.05) is 20.4 Å². The van der Waals surface area contributed by atoms with Gasteiger partial charge in [-0.25, -0.2) is 0 Å². The van der Waals surface area contributed by atoms with E-state index in [2.05, 4.69) is 6.58 Å². The zero-order valence-corrected chi connectivity index (χ0v) is 17.9. The molecule has 6 rings (SSSR count).